The van der Waals surface area contributed by atoms with E-state index in [2.05, 4.69) is 40.5 Å². The first kappa shape index (κ1) is 19.3. The van der Waals surface area contributed by atoms with Gasteiger partial charge >= 0.3 is 0 Å². The number of likely N-dealkylation sites (tertiary alicyclic amines) is 1. The minimum atomic E-state index is 0.204. The SMILES string of the molecule is COc1ccc2[nH]cc(C3CCN(CC(=O)NC4CCC(C)CC4)CC3)c2c1. The third kappa shape index (κ3) is 4.35. The smallest absolute Gasteiger partial charge is 0.234 e. The number of benzene rings is 1. The first-order valence-electron chi connectivity index (χ1n) is 10.8. The summed E-state index contributed by atoms with van der Waals surface area (Å²) in [7, 11) is 1.71. The van der Waals surface area contributed by atoms with Gasteiger partial charge in [0.15, 0.2) is 0 Å². The summed E-state index contributed by atoms with van der Waals surface area (Å²) in [5, 5.41) is 4.53. The predicted molar refractivity (Wildman–Crippen MR) is 113 cm³/mol. The number of hydrogen-bond acceptors (Lipinski definition) is 3. The Bertz CT molecular complexity index is 799. The Morgan fingerprint density at radius 3 is 2.64 bits per heavy atom. The molecule has 1 saturated heterocycles. The van der Waals surface area contributed by atoms with Gasteiger partial charge in [-0.3, -0.25) is 9.69 Å². The lowest BCUT2D eigenvalue weighted by Gasteiger charge is -2.32. The van der Waals surface area contributed by atoms with Gasteiger partial charge in [-0.15, -0.1) is 0 Å². The van der Waals surface area contributed by atoms with Gasteiger partial charge in [0, 0.05) is 23.1 Å². The van der Waals surface area contributed by atoms with Crippen LogP contribution < -0.4 is 10.1 Å². The summed E-state index contributed by atoms with van der Waals surface area (Å²) in [5.74, 6) is 2.46. The third-order valence-electron chi connectivity index (χ3n) is 6.70. The molecule has 2 aromatic rings. The first-order chi connectivity index (χ1) is 13.6. The number of aromatic nitrogens is 1. The number of ether oxygens (including phenoxy) is 1. The van der Waals surface area contributed by atoms with Crippen LogP contribution in [0.1, 0.15) is 56.9 Å². The topological polar surface area (TPSA) is 57.4 Å². The van der Waals surface area contributed by atoms with Crippen LogP contribution in [0, 0.1) is 5.92 Å². The van der Waals surface area contributed by atoms with Crippen molar-refractivity contribution in [1.82, 2.24) is 15.2 Å². The Morgan fingerprint density at radius 2 is 1.93 bits per heavy atom. The number of methoxy groups -OCH3 is 1. The van der Waals surface area contributed by atoms with E-state index in [0.29, 0.717) is 18.5 Å². The van der Waals surface area contributed by atoms with Crippen LogP contribution in [0.15, 0.2) is 24.4 Å². The molecule has 0 atom stereocenters. The first-order valence-corrected chi connectivity index (χ1v) is 10.8. The monoisotopic (exact) mass is 383 g/mol. The van der Waals surface area contributed by atoms with E-state index in [4.69, 9.17) is 4.74 Å². The number of nitrogens with zero attached hydrogens (tertiary/aromatic N) is 1. The Labute approximate surface area is 167 Å². The lowest BCUT2D eigenvalue weighted by atomic mass is 9.87. The van der Waals surface area contributed by atoms with E-state index in [1.165, 1.54) is 29.3 Å². The number of aromatic amines is 1. The molecule has 0 radical (unpaired) electrons. The molecule has 5 heteroatoms. The molecule has 1 saturated carbocycles. The molecule has 152 valence electrons. The largest absolute Gasteiger partial charge is 0.497 e. The van der Waals surface area contributed by atoms with Crippen molar-refractivity contribution in [1.29, 1.82) is 0 Å². The van der Waals surface area contributed by atoms with Crippen molar-refractivity contribution in [2.45, 2.75) is 57.4 Å². The highest BCUT2D eigenvalue weighted by atomic mass is 16.5. The lowest BCUT2D eigenvalue weighted by molar-refractivity contribution is -0.123. The number of carbonyl (C=O) groups is 1. The molecule has 5 nitrogen and oxygen atoms in total. The molecule has 2 fully saturated rings. The van der Waals surface area contributed by atoms with Gasteiger partial charge in [-0.2, -0.15) is 0 Å². The van der Waals surface area contributed by atoms with Crippen LogP contribution in [0.3, 0.4) is 0 Å². The van der Waals surface area contributed by atoms with Crippen LogP contribution in [0.25, 0.3) is 10.9 Å². The van der Waals surface area contributed by atoms with Gasteiger partial charge in [0.25, 0.3) is 0 Å². The van der Waals surface area contributed by atoms with Crippen molar-refractivity contribution in [2.24, 2.45) is 5.92 Å². The molecule has 2 aliphatic rings. The number of H-pyrrole nitrogens is 1. The highest BCUT2D eigenvalue weighted by Crippen LogP contribution is 2.34. The number of fused-ring (bicyclic) bond motifs is 1. The van der Waals surface area contributed by atoms with E-state index in [0.717, 1.165) is 50.4 Å². The van der Waals surface area contributed by atoms with Crippen LogP contribution in [0.4, 0.5) is 0 Å². The molecule has 0 bridgehead atoms. The fourth-order valence-corrected chi connectivity index (χ4v) is 4.87. The zero-order valence-electron chi connectivity index (χ0n) is 17.2. The van der Waals surface area contributed by atoms with Crippen LogP contribution in [0.5, 0.6) is 5.75 Å². The van der Waals surface area contributed by atoms with Crippen molar-refractivity contribution in [3.8, 4) is 5.75 Å². The molecule has 0 spiro atoms. The highest BCUT2D eigenvalue weighted by molar-refractivity contribution is 5.85. The lowest BCUT2D eigenvalue weighted by Crippen LogP contribution is -2.45. The van der Waals surface area contributed by atoms with Gasteiger partial charge in [-0.1, -0.05) is 6.92 Å². The summed E-state index contributed by atoms with van der Waals surface area (Å²) in [6.45, 7) is 4.82. The van der Waals surface area contributed by atoms with Crippen LogP contribution in [-0.2, 0) is 4.79 Å². The molecular weight excluding hydrogens is 350 g/mol. The minimum absolute atomic E-state index is 0.204. The van der Waals surface area contributed by atoms with Gasteiger partial charge in [0.2, 0.25) is 5.91 Å². The Balaban J connectivity index is 1.29. The van der Waals surface area contributed by atoms with Crippen LogP contribution >= 0.6 is 0 Å². The zero-order chi connectivity index (χ0) is 19.5. The highest BCUT2D eigenvalue weighted by Gasteiger charge is 2.25. The maximum absolute atomic E-state index is 12.4. The Morgan fingerprint density at radius 1 is 1.18 bits per heavy atom. The average Bonchev–Trinajstić information content (AvgIpc) is 3.13. The standard InChI is InChI=1S/C23H33N3O2/c1-16-3-5-18(6-4-16)25-23(27)15-26-11-9-17(10-12-26)21-14-24-22-8-7-19(28-2)13-20(21)22/h7-8,13-14,16-18,24H,3-6,9-12,15H2,1-2H3,(H,25,27). The molecule has 1 aliphatic carbocycles. The van der Waals surface area contributed by atoms with Crippen molar-refractivity contribution in [2.75, 3.05) is 26.7 Å². The van der Waals surface area contributed by atoms with Crippen molar-refractivity contribution >= 4 is 16.8 Å². The minimum Gasteiger partial charge on any atom is -0.497 e. The van der Waals surface area contributed by atoms with Gasteiger partial charge in [-0.25, -0.2) is 0 Å². The van der Waals surface area contributed by atoms with E-state index in [9.17, 15) is 4.79 Å². The molecule has 0 unspecified atom stereocenters. The summed E-state index contributed by atoms with van der Waals surface area (Å²) < 4.78 is 5.40. The Kier molecular flexibility index (Phi) is 5.90. The predicted octanol–water partition coefficient (Wildman–Crippen LogP) is 4.05. The van der Waals surface area contributed by atoms with Crippen LogP contribution in [0.2, 0.25) is 0 Å². The van der Waals surface area contributed by atoms with E-state index in [-0.39, 0.29) is 5.91 Å². The number of piperidine rings is 1. The molecule has 1 amide bonds. The summed E-state index contributed by atoms with van der Waals surface area (Å²) in [6, 6.07) is 6.61. The second-order valence-electron chi connectivity index (χ2n) is 8.73. The number of carbonyl (C=O) groups excluding carboxylic acids is 1. The molecule has 4 rings (SSSR count). The van der Waals surface area contributed by atoms with Crippen molar-refractivity contribution in [3.63, 3.8) is 0 Å². The molecule has 1 aromatic heterocycles. The van der Waals surface area contributed by atoms with Crippen LogP contribution in [-0.4, -0.2) is 48.6 Å². The number of nitrogens with one attached hydrogen (secondary N) is 2. The number of rotatable bonds is 5. The van der Waals surface area contributed by atoms with Gasteiger partial charge in [0.05, 0.1) is 13.7 Å². The fourth-order valence-electron chi connectivity index (χ4n) is 4.87. The third-order valence-corrected chi connectivity index (χ3v) is 6.70. The Hall–Kier alpha value is -2.01. The van der Waals surface area contributed by atoms with Gasteiger partial charge in [0.1, 0.15) is 5.75 Å². The molecule has 1 aromatic carbocycles. The second kappa shape index (κ2) is 8.56. The fraction of sp³-hybridized carbons (Fsp3) is 0.609. The zero-order valence-corrected chi connectivity index (χ0v) is 17.2. The molecule has 28 heavy (non-hydrogen) atoms. The van der Waals surface area contributed by atoms with Gasteiger partial charge < -0.3 is 15.0 Å². The van der Waals surface area contributed by atoms with E-state index in [1.54, 1.807) is 7.11 Å². The average molecular weight is 384 g/mol. The maximum atomic E-state index is 12.4. The molecular formula is C23H33N3O2. The summed E-state index contributed by atoms with van der Waals surface area (Å²) in [5.41, 5.74) is 2.55. The van der Waals surface area contributed by atoms with Crippen molar-refractivity contribution < 1.29 is 9.53 Å². The second-order valence-corrected chi connectivity index (χ2v) is 8.73. The number of amides is 1. The summed E-state index contributed by atoms with van der Waals surface area (Å²) in [4.78, 5) is 18.2. The van der Waals surface area contributed by atoms with E-state index in [1.807, 2.05) is 6.07 Å². The maximum Gasteiger partial charge on any atom is 0.234 e. The molecule has 1 aliphatic heterocycles. The quantitative estimate of drug-likeness (QED) is 0.819. The number of hydrogen-bond donors (Lipinski definition) is 2. The normalized spacial score (nSPS) is 24.4. The van der Waals surface area contributed by atoms with Gasteiger partial charge in [-0.05, 0) is 87.2 Å². The molecule has 2 heterocycles. The van der Waals surface area contributed by atoms with E-state index >= 15 is 0 Å². The summed E-state index contributed by atoms with van der Waals surface area (Å²) >= 11 is 0. The van der Waals surface area contributed by atoms with Crippen molar-refractivity contribution in [3.05, 3.63) is 30.0 Å². The molecule has 2 N–H and O–H groups in total. The summed E-state index contributed by atoms with van der Waals surface area (Å²) in [6.07, 6.45) is 9.10. The van der Waals surface area contributed by atoms with E-state index < -0.39 is 0 Å².